The third-order valence-corrected chi connectivity index (χ3v) is 5.60. The van der Waals surface area contributed by atoms with E-state index in [1.807, 2.05) is 24.3 Å². The minimum absolute atomic E-state index is 0.209. The fraction of sp³-hybridized carbons (Fsp3) is 0.200. The summed E-state index contributed by atoms with van der Waals surface area (Å²) in [6.45, 7) is 4.21. The number of amides is 1. The van der Waals surface area contributed by atoms with E-state index in [0.717, 1.165) is 16.7 Å². The molecular weight excluding hydrogens is 449 g/mol. The maximum Gasteiger partial charge on any atom is 0.339 e. The van der Waals surface area contributed by atoms with E-state index in [2.05, 4.69) is 19.2 Å². The molecule has 0 aliphatic rings. The van der Waals surface area contributed by atoms with E-state index in [1.165, 1.54) is 19.2 Å². The highest BCUT2D eigenvalue weighted by atomic mass is 35.5. The molecular formula is C25H23Cl2NO4. The lowest BCUT2D eigenvalue weighted by atomic mass is 9.95. The molecule has 3 aromatic rings. The quantitative estimate of drug-likeness (QED) is 0.400. The first-order valence-electron chi connectivity index (χ1n) is 9.92. The van der Waals surface area contributed by atoms with Crippen molar-refractivity contribution >= 4 is 40.8 Å². The monoisotopic (exact) mass is 471 g/mol. The summed E-state index contributed by atoms with van der Waals surface area (Å²) in [7, 11) is 2.89. The Balaban J connectivity index is 2.05. The normalized spacial score (nSPS) is 10.7. The number of halogens is 2. The van der Waals surface area contributed by atoms with Gasteiger partial charge in [-0.2, -0.15) is 0 Å². The van der Waals surface area contributed by atoms with Crippen LogP contribution in [0.2, 0.25) is 10.0 Å². The summed E-state index contributed by atoms with van der Waals surface area (Å²) < 4.78 is 10.5. The van der Waals surface area contributed by atoms with Crippen LogP contribution in [-0.2, 0) is 4.74 Å². The predicted octanol–water partition coefficient (Wildman–Crippen LogP) is 6.83. The van der Waals surface area contributed by atoms with Crippen LogP contribution in [0, 0.1) is 0 Å². The number of rotatable bonds is 6. The number of hydrogen-bond acceptors (Lipinski definition) is 4. The standard InChI is InChI=1S/C25H23Cl2NO4/c1-14(2)15-6-10-23(31-3)19(11-15)16-5-9-22(20(12-16)25(30)32-4)28-24(29)18-8-7-17(26)13-21(18)27/h5-14H,1-4H3,(H,28,29). The molecule has 0 radical (unpaired) electrons. The number of hydrogen-bond donors (Lipinski definition) is 1. The lowest BCUT2D eigenvalue weighted by Gasteiger charge is -2.16. The van der Waals surface area contributed by atoms with Gasteiger partial charge in [0.25, 0.3) is 5.91 Å². The number of nitrogens with one attached hydrogen (secondary N) is 1. The number of carbonyl (C=O) groups is 2. The summed E-state index contributed by atoms with van der Waals surface area (Å²) in [5, 5.41) is 3.37. The zero-order valence-corrected chi connectivity index (χ0v) is 19.7. The second-order valence-electron chi connectivity index (χ2n) is 7.44. The molecule has 32 heavy (non-hydrogen) atoms. The predicted molar refractivity (Wildman–Crippen MR) is 128 cm³/mol. The van der Waals surface area contributed by atoms with Gasteiger partial charge in [0.2, 0.25) is 0 Å². The number of methoxy groups -OCH3 is 2. The van der Waals surface area contributed by atoms with E-state index >= 15 is 0 Å². The van der Waals surface area contributed by atoms with E-state index in [0.29, 0.717) is 22.4 Å². The molecule has 5 nitrogen and oxygen atoms in total. The van der Waals surface area contributed by atoms with Crippen molar-refractivity contribution in [2.45, 2.75) is 19.8 Å². The van der Waals surface area contributed by atoms with Crippen LogP contribution in [0.25, 0.3) is 11.1 Å². The molecule has 3 aromatic carbocycles. The lowest BCUT2D eigenvalue weighted by molar-refractivity contribution is 0.0602. The molecule has 0 unspecified atom stereocenters. The lowest BCUT2D eigenvalue weighted by Crippen LogP contribution is -2.16. The molecule has 166 valence electrons. The minimum Gasteiger partial charge on any atom is -0.496 e. The summed E-state index contributed by atoms with van der Waals surface area (Å²) in [6, 6.07) is 15.7. The molecule has 0 atom stereocenters. The molecule has 1 N–H and O–H groups in total. The summed E-state index contributed by atoms with van der Waals surface area (Å²) in [5.41, 5.74) is 3.48. The number of esters is 1. The second-order valence-corrected chi connectivity index (χ2v) is 8.29. The van der Waals surface area contributed by atoms with Crippen LogP contribution in [-0.4, -0.2) is 26.1 Å². The van der Waals surface area contributed by atoms with Gasteiger partial charge >= 0.3 is 5.97 Å². The Morgan fingerprint density at radius 1 is 0.906 bits per heavy atom. The summed E-state index contributed by atoms with van der Waals surface area (Å²) in [4.78, 5) is 25.3. The zero-order valence-electron chi connectivity index (χ0n) is 18.2. The topological polar surface area (TPSA) is 64.6 Å². The van der Waals surface area contributed by atoms with Gasteiger partial charge in [-0.15, -0.1) is 0 Å². The molecule has 1 amide bonds. The molecule has 0 heterocycles. The fourth-order valence-electron chi connectivity index (χ4n) is 3.27. The van der Waals surface area contributed by atoms with Crippen molar-refractivity contribution in [3.63, 3.8) is 0 Å². The largest absolute Gasteiger partial charge is 0.496 e. The SMILES string of the molecule is COC(=O)c1cc(-c2cc(C(C)C)ccc2OC)ccc1NC(=O)c1ccc(Cl)cc1Cl. The van der Waals surface area contributed by atoms with Crippen molar-refractivity contribution in [2.24, 2.45) is 0 Å². The second kappa shape index (κ2) is 10.1. The summed E-state index contributed by atoms with van der Waals surface area (Å²) in [5.74, 6) is -0.0512. The highest BCUT2D eigenvalue weighted by molar-refractivity contribution is 6.37. The molecule has 0 saturated carbocycles. The van der Waals surface area contributed by atoms with Crippen molar-refractivity contribution in [1.29, 1.82) is 0 Å². The third kappa shape index (κ3) is 5.06. The molecule has 0 aliphatic carbocycles. The first-order chi connectivity index (χ1) is 15.2. The van der Waals surface area contributed by atoms with Gasteiger partial charge < -0.3 is 14.8 Å². The van der Waals surface area contributed by atoms with Gasteiger partial charge in [-0.3, -0.25) is 4.79 Å². The van der Waals surface area contributed by atoms with Crippen LogP contribution in [0.5, 0.6) is 5.75 Å². The summed E-state index contributed by atoms with van der Waals surface area (Å²) in [6.07, 6.45) is 0. The number of benzene rings is 3. The van der Waals surface area contributed by atoms with Crippen molar-refractivity contribution in [1.82, 2.24) is 0 Å². The van der Waals surface area contributed by atoms with E-state index in [9.17, 15) is 9.59 Å². The Kier molecular flexibility index (Phi) is 7.44. The van der Waals surface area contributed by atoms with Gasteiger partial charge in [-0.1, -0.05) is 49.2 Å². The molecule has 0 saturated heterocycles. The van der Waals surface area contributed by atoms with Gasteiger partial charge in [0.1, 0.15) is 5.75 Å². The number of carbonyl (C=O) groups excluding carboxylic acids is 2. The fourth-order valence-corrected chi connectivity index (χ4v) is 3.77. The molecule has 0 spiro atoms. The first kappa shape index (κ1) is 23.6. The molecule has 0 aliphatic heterocycles. The molecule has 3 rings (SSSR count). The van der Waals surface area contributed by atoms with Crippen LogP contribution in [0.4, 0.5) is 5.69 Å². The van der Waals surface area contributed by atoms with Crippen LogP contribution >= 0.6 is 23.2 Å². The number of ether oxygens (including phenoxy) is 2. The van der Waals surface area contributed by atoms with Crippen LogP contribution in [0.1, 0.15) is 46.0 Å². The van der Waals surface area contributed by atoms with E-state index < -0.39 is 11.9 Å². The third-order valence-electron chi connectivity index (χ3n) is 5.05. The number of anilines is 1. The van der Waals surface area contributed by atoms with Gasteiger partial charge in [0.05, 0.1) is 36.1 Å². The Morgan fingerprint density at radius 3 is 2.28 bits per heavy atom. The van der Waals surface area contributed by atoms with Crippen molar-refractivity contribution < 1.29 is 19.1 Å². The van der Waals surface area contributed by atoms with E-state index in [4.69, 9.17) is 32.7 Å². The van der Waals surface area contributed by atoms with Crippen LogP contribution < -0.4 is 10.1 Å². The van der Waals surface area contributed by atoms with Gasteiger partial charge in [0, 0.05) is 10.6 Å². The van der Waals surface area contributed by atoms with Gasteiger partial charge in [-0.05, 0) is 59.5 Å². The first-order valence-corrected chi connectivity index (χ1v) is 10.7. The Labute approximate surface area is 197 Å². The minimum atomic E-state index is -0.580. The van der Waals surface area contributed by atoms with Crippen molar-refractivity contribution in [3.05, 3.63) is 81.3 Å². The van der Waals surface area contributed by atoms with Crippen LogP contribution in [0.15, 0.2) is 54.6 Å². The molecule has 0 fully saturated rings. The maximum atomic E-state index is 12.8. The van der Waals surface area contributed by atoms with Crippen molar-refractivity contribution in [2.75, 3.05) is 19.5 Å². The zero-order chi connectivity index (χ0) is 23.4. The smallest absolute Gasteiger partial charge is 0.339 e. The Bertz CT molecular complexity index is 1170. The highest BCUT2D eigenvalue weighted by Gasteiger charge is 2.19. The Morgan fingerprint density at radius 2 is 1.66 bits per heavy atom. The van der Waals surface area contributed by atoms with E-state index in [-0.39, 0.29) is 16.1 Å². The van der Waals surface area contributed by atoms with Gasteiger partial charge in [-0.25, -0.2) is 4.79 Å². The molecule has 0 aromatic heterocycles. The Hall–Kier alpha value is -3.02. The maximum absolute atomic E-state index is 12.8. The highest BCUT2D eigenvalue weighted by Crippen LogP contribution is 2.35. The summed E-state index contributed by atoms with van der Waals surface area (Å²) >= 11 is 12.1. The van der Waals surface area contributed by atoms with Gasteiger partial charge in [0.15, 0.2) is 0 Å². The molecule has 0 bridgehead atoms. The van der Waals surface area contributed by atoms with Crippen LogP contribution in [0.3, 0.4) is 0 Å². The van der Waals surface area contributed by atoms with E-state index in [1.54, 1.807) is 25.3 Å². The molecule has 7 heteroatoms. The average Bonchev–Trinajstić information content (AvgIpc) is 2.78. The average molecular weight is 472 g/mol. The van der Waals surface area contributed by atoms with Crippen molar-refractivity contribution in [3.8, 4) is 16.9 Å².